The maximum atomic E-state index is 2.38. The lowest BCUT2D eigenvalue weighted by atomic mass is 9.82. The van der Waals surface area contributed by atoms with Crippen molar-refractivity contribution in [1.82, 2.24) is 0 Å². The number of hydrogen-bond donors (Lipinski definition) is 0. The van der Waals surface area contributed by atoms with Crippen molar-refractivity contribution in [3.05, 3.63) is 0 Å². The Balaban J connectivity index is 4.30. The Morgan fingerprint density at radius 1 is 1.00 bits per heavy atom. The van der Waals surface area contributed by atoms with Crippen molar-refractivity contribution in [3.8, 4) is 0 Å². The van der Waals surface area contributed by atoms with Gasteiger partial charge in [0.15, 0.2) is 0 Å². The molecule has 98 valence electrons. The smallest absolute Gasteiger partial charge is 0.0809 e. The molecule has 1 heteroatoms. The molecule has 0 fully saturated rings. The molecule has 0 aliphatic heterocycles. The van der Waals surface area contributed by atoms with Crippen LogP contribution >= 0.6 is 0 Å². The van der Waals surface area contributed by atoms with E-state index in [9.17, 15) is 0 Å². The van der Waals surface area contributed by atoms with E-state index in [0.717, 1.165) is 22.2 Å². The fourth-order valence-electron chi connectivity index (χ4n) is 2.80. The van der Waals surface area contributed by atoms with Crippen molar-refractivity contribution >= 4 is 0 Å². The third-order valence-electron chi connectivity index (χ3n) is 3.61. The van der Waals surface area contributed by atoms with Crippen LogP contribution in [0.1, 0.15) is 53.4 Å². The molecule has 0 spiro atoms. The number of nitrogens with zero attached hydrogens (tertiary/aromatic N) is 1. The number of rotatable bonds is 8. The van der Waals surface area contributed by atoms with Gasteiger partial charge in [-0.1, -0.05) is 40.5 Å². The fourth-order valence-corrected chi connectivity index (χ4v) is 2.80. The van der Waals surface area contributed by atoms with Crippen molar-refractivity contribution in [2.45, 2.75) is 53.4 Å². The molecule has 0 bridgehead atoms. The second kappa shape index (κ2) is 7.32. The zero-order valence-corrected chi connectivity index (χ0v) is 12.7. The average Bonchev–Trinajstić information content (AvgIpc) is 2.11. The van der Waals surface area contributed by atoms with Crippen LogP contribution in [-0.4, -0.2) is 32.2 Å². The van der Waals surface area contributed by atoms with E-state index in [1.54, 1.807) is 0 Å². The first-order valence-electron chi connectivity index (χ1n) is 7.10. The zero-order chi connectivity index (χ0) is 12.8. The van der Waals surface area contributed by atoms with Gasteiger partial charge in [0.05, 0.1) is 27.7 Å². The van der Waals surface area contributed by atoms with Crippen LogP contribution in [0.3, 0.4) is 0 Å². The molecule has 0 aromatic rings. The van der Waals surface area contributed by atoms with Gasteiger partial charge in [-0.2, -0.15) is 0 Å². The number of quaternary nitrogens is 1. The molecule has 2 atom stereocenters. The molecule has 0 aliphatic rings. The molecule has 0 saturated carbocycles. The molecule has 0 aromatic heterocycles. The summed E-state index contributed by atoms with van der Waals surface area (Å²) in [5.41, 5.74) is 0. The van der Waals surface area contributed by atoms with Crippen molar-refractivity contribution in [2.75, 3.05) is 27.7 Å². The molecule has 2 unspecified atom stereocenters. The summed E-state index contributed by atoms with van der Waals surface area (Å²) in [6, 6.07) is 0. The summed E-state index contributed by atoms with van der Waals surface area (Å²) < 4.78 is 1.11. The molecule has 0 saturated heterocycles. The van der Waals surface area contributed by atoms with Crippen LogP contribution in [0.25, 0.3) is 0 Å². The van der Waals surface area contributed by atoms with Crippen molar-refractivity contribution < 1.29 is 4.48 Å². The van der Waals surface area contributed by atoms with Crippen LogP contribution in [0, 0.1) is 17.8 Å². The van der Waals surface area contributed by atoms with E-state index in [1.807, 2.05) is 0 Å². The van der Waals surface area contributed by atoms with Gasteiger partial charge in [0.25, 0.3) is 0 Å². The highest BCUT2D eigenvalue weighted by molar-refractivity contribution is 4.68. The van der Waals surface area contributed by atoms with E-state index >= 15 is 0 Å². The number of hydrogen-bond acceptors (Lipinski definition) is 0. The van der Waals surface area contributed by atoms with Crippen LogP contribution in [0.4, 0.5) is 0 Å². The van der Waals surface area contributed by atoms with Gasteiger partial charge >= 0.3 is 0 Å². The van der Waals surface area contributed by atoms with Gasteiger partial charge in [-0.25, -0.2) is 0 Å². The van der Waals surface area contributed by atoms with Crippen LogP contribution in [-0.2, 0) is 0 Å². The Kier molecular flexibility index (Phi) is 7.30. The standard InChI is InChI=1S/C15H34N/c1-8-10-14(12-16(5,6)7)11-15(9-2)13(3)4/h13-15H,8-12H2,1-7H3/q+1. The van der Waals surface area contributed by atoms with Crippen molar-refractivity contribution in [2.24, 2.45) is 17.8 Å². The predicted octanol–water partition coefficient (Wildman–Crippen LogP) is 4.18. The first-order valence-corrected chi connectivity index (χ1v) is 7.10. The first-order chi connectivity index (χ1) is 7.30. The highest BCUT2D eigenvalue weighted by Crippen LogP contribution is 2.27. The molecule has 16 heavy (non-hydrogen) atoms. The maximum Gasteiger partial charge on any atom is 0.0809 e. The van der Waals surface area contributed by atoms with Crippen molar-refractivity contribution in [1.29, 1.82) is 0 Å². The minimum absolute atomic E-state index is 0.844. The van der Waals surface area contributed by atoms with Gasteiger partial charge in [0.2, 0.25) is 0 Å². The molecule has 0 aliphatic carbocycles. The summed E-state index contributed by atoms with van der Waals surface area (Å²) in [6.45, 7) is 10.8. The fraction of sp³-hybridized carbons (Fsp3) is 1.00. The van der Waals surface area contributed by atoms with Gasteiger partial charge < -0.3 is 4.48 Å². The third-order valence-corrected chi connectivity index (χ3v) is 3.61. The van der Waals surface area contributed by atoms with E-state index in [-0.39, 0.29) is 0 Å². The molecule has 0 radical (unpaired) electrons. The Labute approximate surface area is 104 Å². The highest BCUT2D eigenvalue weighted by Gasteiger charge is 2.22. The third kappa shape index (κ3) is 7.27. The van der Waals surface area contributed by atoms with E-state index in [0.29, 0.717) is 0 Å². The van der Waals surface area contributed by atoms with Gasteiger partial charge in [-0.3, -0.25) is 0 Å². The molecule has 0 amide bonds. The highest BCUT2D eigenvalue weighted by atomic mass is 15.3. The normalized spacial score (nSPS) is 16.5. The second-order valence-electron chi connectivity index (χ2n) is 6.78. The quantitative estimate of drug-likeness (QED) is 0.547. The van der Waals surface area contributed by atoms with Gasteiger partial charge in [-0.05, 0) is 24.7 Å². The Morgan fingerprint density at radius 2 is 1.56 bits per heavy atom. The molecule has 0 heterocycles. The van der Waals surface area contributed by atoms with Gasteiger partial charge in [0.1, 0.15) is 0 Å². The lowest BCUT2D eigenvalue weighted by Crippen LogP contribution is -2.39. The second-order valence-corrected chi connectivity index (χ2v) is 6.78. The summed E-state index contributed by atoms with van der Waals surface area (Å²) in [7, 11) is 6.96. The topological polar surface area (TPSA) is 0 Å². The molecule has 0 N–H and O–H groups in total. The monoisotopic (exact) mass is 228 g/mol. The minimum Gasteiger partial charge on any atom is -0.331 e. The van der Waals surface area contributed by atoms with Crippen LogP contribution < -0.4 is 0 Å². The Hall–Kier alpha value is -0.0400. The predicted molar refractivity (Wildman–Crippen MR) is 74.5 cm³/mol. The summed E-state index contributed by atoms with van der Waals surface area (Å²) in [4.78, 5) is 0. The van der Waals surface area contributed by atoms with Crippen LogP contribution in [0.15, 0.2) is 0 Å². The average molecular weight is 228 g/mol. The van der Waals surface area contributed by atoms with E-state index in [2.05, 4.69) is 48.8 Å². The largest absolute Gasteiger partial charge is 0.331 e. The summed E-state index contributed by atoms with van der Waals surface area (Å²) in [6.07, 6.45) is 5.50. The van der Waals surface area contributed by atoms with E-state index in [1.165, 1.54) is 32.2 Å². The van der Waals surface area contributed by atoms with E-state index < -0.39 is 0 Å². The van der Waals surface area contributed by atoms with Crippen LogP contribution in [0.2, 0.25) is 0 Å². The summed E-state index contributed by atoms with van der Waals surface area (Å²) in [5, 5.41) is 0. The SMILES string of the molecule is CCCC(CC(CC)C(C)C)C[N+](C)(C)C. The van der Waals surface area contributed by atoms with Gasteiger partial charge in [0, 0.05) is 5.92 Å². The van der Waals surface area contributed by atoms with Gasteiger partial charge in [-0.15, -0.1) is 0 Å². The lowest BCUT2D eigenvalue weighted by Gasteiger charge is -2.32. The zero-order valence-electron chi connectivity index (χ0n) is 12.7. The summed E-state index contributed by atoms with van der Waals surface area (Å²) in [5.74, 6) is 2.68. The van der Waals surface area contributed by atoms with Crippen LogP contribution in [0.5, 0.6) is 0 Å². The maximum absolute atomic E-state index is 2.38. The van der Waals surface area contributed by atoms with Crippen molar-refractivity contribution in [3.63, 3.8) is 0 Å². The molecular formula is C15H34N+. The minimum atomic E-state index is 0.844. The molecule has 1 nitrogen and oxygen atoms in total. The Morgan fingerprint density at radius 3 is 1.88 bits per heavy atom. The molecule has 0 rings (SSSR count). The summed E-state index contributed by atoms with van der Waals surface area (Å²) >= 11 is 0. The molecular weight excluding hydrogens is 194 g/mol. The first kappa shape index (κ1) is 16.0. The molecule has 0 aromatic carbocycles. The lowest BCUT2D eigenvalue weighted by molar-refractivity contribution is -0.874. The van der Waals surface area contributed by atoms with E-state index in [4.69, 9.17) is 0 Å². The Bertz CT molecular complexity index is 167.